The first kappa shape index (κ1) is 15.3. The second-order valence-corrected chi connectivity index (χ2v) is 6.95. The van der Waals surface area contributed by atoms with Crippen LogP contribution < -0.4 is 10.2 Å². The summed E-state index contributed by atoms with van der Waals surface area (Å²) in [5, 5.41) is 8.43. The molecule has 7 heteroatoms. The molecule has 0 spiro atoms. The van der Waals surface area contributed by atoms with Gasteiger partial charge < -0.3 is 10.2 Å². The molecule has 2 aromatic heterocycles. The van der Waals surface area contributed by atoms with E-state index in [9.17, 15) is 4.79 Å². The minimum atomic E-state index is 0.0454. The van der Waals surface area contributed by atoms with Crippen molar-refractivity contribution in [3.63, 3.8) is 0 Å². The van der Waals surface area contributed by atoms with Gasteiger partial charge in [-0.2, -0.15) is 5.10 Å². The molecule has 0 aliphatic carbocycles. The van der Waals surface area contributed by atoms with Gasteiger partial charge in [-0.15, -0.1) is 0 Å². The summed E-state index contributed by atoms with van der Waals surface area (Å²) in [7, 11) is 1.95. The molecule has 6 nitrogen and oxygen atoms in total. The third kappa shape index (κ3) is 2.95. The predicted molar refractivity (Wildman–Crippen MR) is 89.4 cm³/mol. The van der Waals surface area contributed by atoms with E-state index < -0.39 is 0 Å². The van der Waals surface area contributed by atoms with E-state index in [0.29, 0.717) is 6.04 Å². The lowest BCUT2D eigenvalue weighted by atomic mass is 10.00. The van der Waals surface area contributed by atoms with Crippen molar-refractivity contribution in [3.05, 3.63) is 5.69 Å². The number of carbonyl (C=O) groups excluding carboxylic acids is 1. The molecule has 1 atom stereocenters. The fraction of sp³-hybridized carbons (Fsp3) is 0.667. The summed E-state index contributed by atoms with van der Waals surface area (Å²) >= 11 is 1.74. The molecule has 1 saturated heterocycles. The zero-order chi connectivity index (χ0) is 15.7. The molecule has 3 heterocycles. The van der Waals surface area contributed by atoms with Crippen molar-refractivity contribution in [1.82, 2.24) is 20.1 Å². The Bertz CT molecular complexity index is 642. The van der Waals surface area contributed by atoms with E-state index in [1.165, 1.54) is 24.0 Å². The van der Waals surface area contributed by atoms with E-state index in [4.69, 9.17) is 4.98 Å². The van der Waals surface area contributed by atoms with Gasteiger partial charge in [0.25, 0.3) is 0 Å². The first-order valence-electron chi connectivity index (χ1n) is 7.87. The summed E-state index contributed by atoms with van der Waals surface area (Å²) in [4.78, 5) is 18.3. The van der Waals surface area contributed by atoms with Crippen LogP contribution in [0.15, 0.2) is 0 Å². The normalized spacial score (nSPS) is 18.9. The molecular weight excluding hydrogens is 298 g/mol. The fourth-order valence-electron chi connectivity index (χ4n) is 3.16. The van der Waals surface area contributed by atoms with E-state index in [1.807, 2.05) is 18.7 Å². The number of aryl methyl sites for hydroxylation is 2. The Balaban J connectivity index is 1.79. The Morgan fingerprint density at radius 3 is 3.00 bits per heavy atom. The smallest absolute Gasteiger partial charge is 0.216 e. The van der Waals surface area contributed by atoms with Crippen molar-refractivity contribution in [2.75, 3.05) is 18.0 Å². The molecule has 0 radical (unpaired) electrons. The lowest BCUT2D eigenvalue weighted by molar-refractivity contribution is -0.118. The molecule has 1 aliphatic rings. The monoisotopic (exact) mass is 321 g/mol. The minimum absolute atomic E-state index is 0.0454. The molecular formula is C15H23N5OS. The van der Waals surface area contributed by atoms with Crippen molar-refractivity contribution >= 4 is 32.7 Å². The van der Waals surface area contributed by atoms with Crippen molar-refractivity contribution in [1.29, 1.82) is 0 Å². The average Bonchev–Trinajstić information content (AvgIpc) is 3.02. The molecule has 1 N–H and O–H groups in total. The molecule has 1 amide bonds. The number of aromatic nitrogens is 3. The first-order valence-corrected chi connectivity index (χ1v) is 8.69. The summed E-state index contributed by atoms with van der Waals surface area (Å²) in [5.41, 5.74) is 2.02. The Morgan fingerprint density at radius 1 is 1.45 bits per heavy atom. The molecule has 0 aromatic carbocycles. The van der Waals surface area contributed by atoms with Gasteiger partial charge in [0.1, 0.15) is 0 Å². The maximum Gasteiger partial charge on any atom is 0.216 e. The quantitative estimate of drug-likeness (QED) is 0.938. The SMILES string of the molecule is CC(=O)NCCC1CCCCN1c1nc2c(s1)c(C)nn2C. The number of hydrogen-bond donors (Lipinski definition) is 1. The zero-order valence-electron chi connectivity index (χ0n) is 13.4. The number of amides is 1. The number of rotatable bonds is 4. The third-order valence-electron chi connectivity index (χ3n) is 4.26. The molecule has 2 aromatic rings. The Hall–Kier alpha value is -1.63. The van der Waals surface area contributed by atoms with Gasteiger partial charge in [0, 0.05) is 33.1 Å². The van der Waals surface area contributed by atoms with Crippen LogP contribution in [0, 0.1) is 6.92 Å². The lowest BCUT2D eigenvalue weighted by Crippen LogP contribution is -2.41. The van der Waals surface area contributed by atoms with Crippen molar-refractivity contribution in [3.8, 4) is 0 Å². The Morgan fingerprint density at radius 2 is 2.27 bits per heavy atom. The first-order chi connectivity index (χ1) is 10.6. The summed E-state index contributed by atoms with van der Waals surface area (Å²) in [6.45, 7) is 5.40. The molecule has 3 rings (SSSR count). The summed E-state index contributed by atoms with van der Waals surface area (Å²) < 4.78 is 3.05. The van der Waals surface area contributed by atoms with Gasteiger partial charge in [0.15, 0.2) is 10.8 Å². The van der Waals surface area contributed by atoms with Crippen molar-refractivity contribution in [2.24, 2.45) is 7.05 Å². The zero-order valence-corrected chi connectivity index (χ0v) is 14.2. The Labute approximate surface area is 134 Å². The second-order valence-electron chi connectivity index (χ2n) is 5.97. The molecule has 0 saturated carbocycles. The van der Waals surface area contributed by atoms with E-state index >= 15 is 0 Å². The van der Waals surface area contributed by atoms with Crippen molar-refractivity contribution < 1.29 is 4.79 Å². The van der Waals surface area contributed by atoms with Crippen LogP contribution in [0.1, 0.15) is 38.3 Å². The highest BCUT2D eigenvalue weighted by atomic mass is 32.1. The fourth-order valence-corrected chi connectivity index (χ4v) is 4.29. The Kier molecular flexibility index (Phi) is 4.33. The number of hydrogen-bond acceptors (Lipinski definition) is 5. The molecule has 120 valence electrons. The van der Waals surface area contributed by atoms with Crippen LogP contribution >= 0.6 is 11.3 Å². The highest BCUT2D eigenvalue weighted by Gasteiger charge is 2.26. The number of thiazole rings is 1. The van der Waals surface area contributed by atoms with E-state index in [2.05, 4.69) is 15.3 Å². The highest BCUT2D eigenvalue weighted by Crippen LogP contribution is 2.34. The standard InChI is InChI=1S/C15H23N5OS/c1-10-13-14(19(3)18-10)17-15(22-13)20-9-5-4-6-12(20)7-8-16-11(2)21/h12H,4-9H2,1-3H3,(H,16,21). The number of nitrogens with one attached hydrogen (secondary N) is 1. The number of piperidine rings is 1. The van der Waals surface area contributed by atoms with Crippen LogP contribution in [0.3, 0.4) is 0 Å². The molecule has 1 fully saturated rings. The number of anilines is 1. The van der Waals surface area contributed by atoms with Crippen LogP contribution in [0.2, 0.25) is 0 Å². The maximum absolute atomic E-state index is 11.0. The van der Waals surface area contributed by atoms with Gasteiger partial charge in [0.2, 0.25) is 5.91 Å². The lowest BCUT2D eigenvalue weighted by Gasteiger charge is -2.35. The van der Waals surface area contributed by atoms with Gasteiger partial charge >= 0.3 is 0 Å². The van der Waals surface area contributed by atoms with Gasteiger partial charge in [-0.3, -0.25) is 4.79 Å². The van der Waals surface area contributed by atoms with Gasteiger partial charge in [0.05, 0.1) is 10.4 Å². The van der Waals surface area contributed by atoms with Gasteiger partial charge in [-0.25, -0.2) is 9.67 Å². The largest absolute Gasteiger partial charge is 0.356 e. The molecule has 1 aliphatic heterocycles. The van der Waals surface area contributed by atoms with Crippen LogP contribution in [0.5, 0.6) is 0 Å². The topological polar surface area (TPSA) is 63.1 Å². The summed E-state index contributed by atoms with van der Waals surface area (Å²) in [6, 6.07) is 0.467. The van der Waals surface area contributed by atoms with Crippen LogP contribution in [-0.2, 0) is 11.8 Å². The van der Waals surface area contributed by atoms with Gasteiger partial charge in [-0.1, -0.05) is 11.3 Å². The minimum Gasteiger partial charge on any atom is -0.356 e. The maximum atomic E-state index is 11.0. The summed E-state index contributed by atoms with van der Waals surface area (Å²) in [6.07, 6.45) is 4.62. The molecule has 0 bridgehead atoms. The second kappa shape index (κ2) is 6.24. The number of carbonyl (C=O) groups is 1. The van der Waals surface area contributed by atoms with Gasteiger partial charge in [-0.05, 0) is 32.6 Å². The average molecular weight is 321 g/mol. The van der Waals surface area contributed by atoms with E-state index in [0.717, 1.165) is 36.0 Å². The number of fused-ring (bicyclic) bond motifs is 1. The highest BCUT2D eigenvalue weighted by molar-refractivity contribution is 7.22. The van der Waals surface area contributed by atoms with Crippen molar-refractivity contribution in [2.45, 2.75) is 45.6 Å². The molecule has 22 heavy (non-hydrogen) atoms. The molecule has 1 unspecified atom stereocenters. The van der Waals surface area contributed by atoms with Crippen LogP contribution in [-0.4, -0.2) is 39.8 Å². The van der Waals surface area contributed by atoms with Crippen LogP contribution in [0.4, 0.5) is 5.13 Å². The third-order valence-corrected chi connectivity index (χ3v) is 5.45. The van der Waals surface area contributed by atoms with Crippen LogP contribution in [0.25, 0.3) is 10.3 Å². The van der Waals surface area contributed by atoms with E-state index in [1.54, 1.807) is 18.3 Å². The summed E-state index contributed by atoms with van der Waals surface area (Å²) in [5.74, 6) is 0.0454. The predicted octanol–water partition coefficient (Wildman–Crippen LogP) is 2.22. The number of nitrogens with zero attached hydrogens (tertiary/aromatic N) is 4. The van der Waals surface area contributed by atoms with E-state index in [-0.39, 0.29) is 5.91 Å².